The third kappa shape index (κ3) is 5.90. The minimum atomic E-state index is -0.513. The van der Waals surface area contributed by atoms with Crippen molar-refractivity contribution in [3.05, 3.63) is 12.7 Å². The van der Waals surface area contributed by atoms with Crippen LogP contribution in [0.4, 0.5) is 0 Å². The van der Waals surface area contributed by atoms with Crippen molar-refractivity contribution in [2.45, 2.75) is 13.8 Å². The Labute approximate surface area is 77.5 Å². The zero-order valence-corrected chi connectivity index (χ0v) is 7.91. The first-order valence-electron chi connectivity index (χ1n) is 4.03. The molecule has 0 aliphatic carbocycles. The Bertz CT molecular complexity index is 196. The molecule has 74 valence electrons. The third-order valence-corrected chi connectivity index (χ3v) is 1.21. The van der Waals surface area contributed by atoms with Crippen molar-refractivity contribution < 1.29 is 19.1 Å². The molecule has 0 atom stereocenters. The summed E-state index contributed by atoms with van der Waals surface area (Å²) in [4.78, 5) is 21.4. The van der Waals surface area contributed by atoms with Crippen LogP contribution in [0.25, 0.3) is 0 Å². The molecule has 0 unspecified atom stereocenters. The second-order valence-corrected chi connectivity index (χ2v) is 2.69. The van der Waals surface area contributed by atoms with E-state index in [9.17, 15) is 9.59 Å². The number of ether oxygens (including phenoxy) is 2. The zero-order valence-electron chi connectivity index (χ0n) is 7.91. The molecule has 0 bridgehead atoms. The van der Waals surface area contributed by atoms with Gasteiger partial charge in [0.2, 0.25) is 0 Å². The summed E-state index contributed by atoms with van der Waals surface area (Å²) in [5.74, 6) is -0.967. The van der Waals surface area contributed by atoms with Gasteiger partial charge in [0.15, 0.2) is 0 Å². The van der Waals surface area contributed by atoms with E-state index in [2.05, 4.69) is 11.3 Å². The SMILES string of the molecule is C=CC(=O)OCCOC(=O)C(C)C. The molecule has 0 rings (SSSR count). The van der Waals surface area contributed by atoms with Gasteiger partial charge in [-0.05, 0) is 0 Å². The molecular formula is C9H14O4. The van der Waals surface area contributed by atoms with E-state index in [0.29, 0.717) is 0 Å². The summed E-state index contributed by atoms with van der Waals surface area (Å²) in [6, 6.07) is 0. The van der Waals surface area contributed by atoms with Crippen molar-refractivity contribution in [2.75, 3.05) is 13.2 Å². The number of esters is 2. The fourth-order valence-electron chi connectivity index (χ4n) is 0.510. The van der Waals surface area contributed by atoms with E-state index in [0.717, 1.165) is 6.08 Å². The summed E-state index contributed by atoms with van der Waals surface area (Å²) < 4.78 is 9.33. The normalized spacial score (nSPS) is 9.46. The highest BCUT2D eigenvalue weighted by Gasteiger charge is 2.07. The van der Waals surface area contributed by atoms with Crippen LogP contribution in [0.15, 0.2) is 12.7 Å². The molecule has 0 saturated heterocycles. The first-order chi connectivity index (χ1) is 6.07. The molecule has 0 heterocycles. The van der Waals surface area contributed by atoms with E-state index in [4.69, 9.17) is 4.74 Å². The van der Waals surface area contributed by atoms with E-state index >= 15 is 0 Å². The summed E-state index contributed by atoms with van der Waals surface area (Å²) in [7, 11) is 0. The summed E-state index contributed by atoms with van der Waals surface area (Å²) in [5, 5.41) is 0. The average Bonchev–Trinajstić information content (AvgIpc) is 2.11. The van der Waals surface area contributed by atoms with Crippen LogP contribution in [0.2, 0.25) is 0 Å². The van der Waals surface area contributed by atoms with Gasteiger partial charge in [-0.15, -0.1) is 0 Å². The molecule has 0 radical (unpaired) electrons. The number of hydrogen-bond donors (Lipinski definition) is 0. The smallest absolute Gasteiger partial charge is 0.330 e. The zero-order chi connectivity index (χ0) is 10.3. The summed E-state index contributed by atoms with van der Waals surface area (Å²) in [5.41, 5.74) is 0. The van der Waals surface area contributed by atoms with Crippen LogP contribution in [0.1, 0.15) is 13.8 Å². The van der Waals surface area contributed by atoms with E-state index in [-0.39, 0.29) is 25.1 Å². The van der Waals surface area contributed by atoms with Crippen LogP contribution in [0, 0.1) is 5.92 Å². The highest BCUT2D eigenvalue weighted by Crippen LogP contribution is 1.95. The van der Waals surface area contributed by atoms with Gasteiger partial charge in [0.25, 0.3) is 0 Å². The molecular weight excluding hydrogens is 172 g/mol. The maximum Gasteiger partial charge on any atom is 0.330 e. The molecule has 0 aromatic carbocycles. The summed E-state index contributed by atoms with van der Waals surface area (Å²) >= 11 is 0. The number of carbonyl (C=O) groups is 2. The van der Waals surface area contributed by atoms with Gasteiger partial charge in [-0.25, -0.2) is 4.79 Å². The molecule has 0 N–H and O–H groups in total. The quantitative estimate of drug-likeness (QED) is 0.364. The summed E-state index contributed by atoms with van der Waals surface area (Å²) in [6.45, 7) is 6.86. The van der Waals surface area contributed by atoms with Crippen molar-refractivity contribution in [1.29, 1.82) is 0 Å². The van der Waals surface area contributed by atoms with Gasteiger partial charge in [0, 0.05) is 6.08 Å². The lowest BCUT2D eigenvalue weighted by Crippen LogP contribution is -2.16. The van der Waals surface area contributed by atoms with Crippen LogP contribution in [-0.4, -0.2) is 25.2 Å². The van der Waals surface area contributed by atoms with Gasteiger partial charge in [0.05, 0.1) is 5.92 Å². The lowest BCUT2D eigenvalue weighted by Gasteiger charge is -2.06. The van der Waals surface area contributed by atoms with Crippen molar-refractivity contribution in [3.8, 4) is 0 Å². The fourth-order valence-corrected chi connectivity index (χ4v) is 0.510. The van der Waals surface area contributed by atoms with Gasteiger partial charge < -0.3 is 9.47 Å². The van der Waals surface area contributed by atoms with Gasteiger partial charge in [-0.3, -0.25) is 4.79 Å². The molecule has 4 nitrogen and oxygen atoms in total. The number of carbonyl (C=O) groups excluding carboxylic acids is 2. The fraction of sp³-hybridized carbons (Fsp3) is 0.556. The molecule has 0 aromatic rings. The first-order valence-corrected chi connectivity index (χ1v) is 4.03. The molecule has 0 fully saturated rings. The first kappa shape index (κ1) is 11.7. The molecule has 0 saturated carbocycles. The third-order valence-electron chi connectivity index (χ3n) is 1.21. The van der Waals surface area contributed by atoms with Crippen LogP contribution >= 0.6 is 0 Å². The predicted octanol–water partition coefficient (Wildman–Crippen LogP) is 0.915. The molecule has 13 heavy (non-hydrogen) atoms. The van der Waals surface area contributed by atoms with Crippen molar-refractivity contribution in [2.24, 2.45) is 5.92 Å². The number of hydrogen-bond acceptors (Lipinski definition) is 4. The maximum absolute atomic E-state index is 10.9. The van der Waals surface area contributed by atoms with Gasteiger partial charge in [-0.1, -0.05) is 20.4 Å². The lowest BCUT2D eigenvalue weighted by atomic mass is 10.2. The minimum Gasteiger partial charge on any atom is -0.462 e. The maximum atomic E-state index is 10.9. The Morgan fingerprint density at radius 1 is 1.31 bits per heavy atom. The monoisotopic (exact) mass is 186 g/mol. The Morgan fingerprint density at radius 3 is 2.31 bits per heavy atom. The Balaban J connectivity index is 3.41. The van der Waals surface area contributed by atoms with Crippen LogP contribution < -0.4 is 0 Å². The van der Waals surface area contributed by atoms with Crippen molar-refractivity contribution in [3.63, 3.8) is 0 Å². The van der Waals surface area contributed by atoms with E-state index < -0.39 is 5.97 Å². The Kier molecular flexibility index (Phi) is 5.59. The van der Waals surface area contributed by atoms with Crippen LogP contribution in [0.3, 0.4) is 0 Å². The van der Waals surface area contributed by atoms with Crippen molar-refractivity contribution in [1.82, 2.24) is 0 Å². The Morgan fingerprint density at radius 2 is 1.85 bits per heavy atom. The molecule has 0 aliphatic rings. The standard InChI is InChI=1S/C9H14O4/c1-4-8(10)12-5-6-13-9(11)7(2)3/h4,7H,1,5-6H2,2-3H3. The van der Waals surface area contributed by atoms with Gasteiger partial charge >= 0.3 is 11.9 Å². The minimum absolute atomic E-state index is 0.0727. The van der Waals surface area contributed by atoms with E-state index in [1.165, 1.54) is 0 Å². The Hall–Kier alpha value is -1.32. The lowest BCUT2D eigenvalue weighted by molar-refractivity contribution is -0.152. The topological polar surface area (TPSA) is 52.6 Å². The van der Waals surface area contributed by atoms with E-state index in [1.807, 2.05) is 0 Å². The highest BCUT2D eigenvalue weighted by atomic mass is 16.6. The molecule has 4 heteroatoms. The van der Waals surface area contributed by atoms with Crippen LogP contribution in [-0.2, 0) is 19.1 Å². The van der Waals surface area contributed by atoms with Gasteiger partial charge in [-0.2, -0.15) is 0 Å². The van der Waals surface area contributed by atoms with Crippen molar-refractivity contribution >= 4 is 11.9 Å². The van der Waals surface area contributed by atoms with E-state index in [1.54, 1.807) is 13.8 Å². The average molecular weight is 186 g/mol. The van der Waals surface area contributed by atoms with Crippen LogP contribution in [0.5, 0.6) is 0 Å². The van der Waals surface area contributed by atoms with Gasteiger partial charge in [0.1, 0.15) is 13.2 Å². The second-order valence-electron chi connectivity index (χ2n) is 2.69. The second kappa shape index (κ2) is 6.22. The summed E-state index contributed by atoms with van der Waals surface area (Å²) in [6.07, 6.45) is 1.06. The highest BCUT2D eigenvalue weighted by molar-refractivity contribution is 5.81. The molecule has 0 aliphatic heterocycles. The molecule has 0 spiro atoms. The predicted molar refractivity (Wildman–Crippen MR) is 47.0 cm³/mol. The molecule has 0 aromatic heterocycles. The number of rotatable bonds is 5. The largest absolute Gasteiger partial charge is 0.462 e. The molecule has 0 amide bonds.